The molecule has 3 aromatic carbocycles. The normalized spacial score (nSPS) is 19.2. The predicted molar refractivity (Wildman–Crippen MR) is 144 cm³/mol. The number of nitrogens with zero attached hydrogens (tertiary/aromatic N) is 3. The molecule has 0 spiro atoms. The smallest absolute Gasteiger partial charge is 0.262 e. The van der Waals surface area contributed by atoms with E-state index in [0.29, 0.717) is 28.0 Å². The summed E-state index contributed by atoms with van der Waals surface area (Å²) >= 11 is 7.38. The van der Waals surface area contributed by atoms with Crippen LogP contribution in [0, 0.1) is 0 Å². The fraction of sp³-hybridized carbons (Fsp3) is 0.185. The van der Waals surface area contributed by atoms with E-state index in [-0.39, 0.29) is 24.3 Å². The lowest BCUT2D eigenvalue weighted by molar-refractivity contribution is -0.121. The van der Waals surface area contributed by atoms with Gasteiger partial charge in [-0.2, -0.15) is 10.1 Å². The highest BCUT2D eigenvalue weighted by atomic mass is 35.5. The van der Waals surface area contributed by atoms with E-state index in [1.54, 1.807) is 36.4 Å². The Morgan fingerprint density at radius 3 is 2.50 bits per heavy atom. The maximum Gasteiger partial charge on any atom is 0.262 e. The van der Waals surface area contributed by atoms with Crippen molar-refractivity contribution in [1.29, 1.82) is 0 Å². The van der Waals surface area contributed by atoms with E-state index in [4.69, 9.17) is 21.4 Å². The SMILES string of the molecule is COc1ccc(NC(=O)C[C@@H]2SC(N3N=C(c4ccccc4)C[C@@H]3c3ccc(Cl)cc3)=NC2=O)cc1. The number of anilines is 1. The molecule has 0 saturated carbocycles. The van der Waals surface area contributed by atoms with Gasteiger partial charge in [0.05, 0.1) is 18.9 Å². The van der Waals surface area contributed by atoms with Gasteiger partial charge in [-0.15, -0.1) is 0 Å². The number of ether oxygens (including phenoxy) is 1. The minimum absolute atomic E-state index is 0.0111. The molecule has 5 rings (SSSR count). The highest BCUT2D eigenvalue weighted by Crippen LogP contribution is 2.38. The quantitative estimate of drug-likeness (QED) is 0.464. The molecule has 1 N–H and O–H groups in total. The van der Waals surface area contributed by atoms with Crippen LogP contribution in [-0.4, -0.2) is 40.1 Å². The summed E-state index contributed by atoms with van der Waals surface area (Å²) in [7, 11) is 1.58. The number of benzene rings is 3. The van der Waals surface area contributed by atoms with Gasteiger partial charge in [0.1, 0.15) is 11.0 Å². The van der Waals surface area contributed by atoms with E-state index < -0.39 is 5.25 Å². The van der Waals surface area contributed by atoms with Gasteiger partial charge in [0.2, 0.25) is 5.91 Å². The number of amidine groups is 1. The van der Waals surface area contributed by atoms with Crippen molar-refractivity contribution in [1.82, 2.24) is 5.01 Å². The molecule has 0 aromatic heterocycles. The molecule has 0 saturated heterocycles. The number of rotatable bonds is 6. The van der Waals surface area contributed by atoms with Crippen LogP contribution >= 0.6 is 23.4 Å². The number of methoxy groups -OCH3 is 1. The first-order valence-corrected chi connectivity index (χ1v) is 12.7. The van der Waals surface area contributed by atoms with Gasteiger partial charge in [0.15, 0.2) is 5.17 Å². The molecule has 0 fully saturated rings. The van der Waals surface area contributed by atoms with Crippen molar-refractivity contribution < 1.29 is 14.3 Å². The van der Waals surface area contributed by atoms with Crippen molar-refractivity contribution in [3.8, 4) is 5.75 Å². The molecule has 2 amide bonds. The zero-order valence-corrected chi connectivity index (χ0v) is 21.0. The second-order valence-electron chi connectivity index (χ2n) is 8.35. The Balaban J connectivity index is 1.32. The van der Waals surface area contributed by atoms with Gasteiger partial charge in [0.25, 0.3) is 5.91 Å². The number of carbonyl (C=O) groups excluding carboxylic acids is 2. The van der Waals surface area contributed by atoms with Crippen molar-refractivity contribution in [2.45, 2.75) is 24.1 Å². The van der Waals surface area contributed by atoms with E-state index in [1.165, 1.54) is 11.8 Å². The predicted octanol–water partition coefficient (Wildman–Crippen LogP) is 5.53. The summed E-state index contributed by atoms with van der Waals surface area (Å²) < 4.78 is 5.14. The van der Waals surface area contributed by atoms with Crippen molar-refractivity contribution in [2.75, 3.05) is 12.4 Å². The number of nitrogens with one attached hydrogen (secondary N) is 1. The van der Waals surface area contributed by atoms with Gasteiger partial charge < -0.3 is 10.1 Å². The summed E-state index contributed by atoms with van der Waals surface area (Å²) in [6.07, 6.45) is 0.666. The zero-order chi connectivity index (χ0) is 25.1. The van der Waals surface area contributed by atoms with Crippen LogP contribution in [0.4, 0.5) is 5.69 Å². The summed E-state index contributed by atoms with van der Waals surface area (Å²) in [5, 5.41) is 10.0. The minimum atomic E-state index is -0.611. The molecule has 2 aliphatic rings. The van der Waals surface area contributed by atoms with Gasteiger partial charge in [-0.05, 0) is 47.5 Å². The largest absolute Gasteiger partial charge is 0.497 e. The molecule has 7 nitrogen and oxygen atoms in total. The van der Waals surface area contributed by atoms with Crippen molar-refractivity contribution in [3.05, 3.63) is 95.0 Å². The van der Waals surface area contributed by atoms with E-state index in [1.807, 2.05) is 54.6 Å². The van der Waals surface area contributed by atoms with Gasteiger partial charge in [-0.1, -0.05) is 65.8 Å². The summed E-state index contributed by atoms with van der Waals surface area (Å²) in [5.74, 6) is 0.105. The van der Waals surface area contributed by atoms with Crippen molar-refractivity contribution >= 4 is 51.7 Å². The Hall–Kier alpha value is -3.62. The lowest BCUT2D eigenvalue weighted by Crippen LogP contribution is -2.25. The molecule has 2 aliphatic heterocycles. The average Bonchev–Trinajstić information content (AvgIpc) is 3.49. The number of hydrogen-bond donors (Lipinski definition) is 1. The lowest BCUT2D eigenvalue weighted by Gasteiger charge is -2.23. The molecule has 9 heteroatoms. The van der Waals surface area contributed by atoms with Gasteiger partial charge >= 0.3 is 0 Å². The lowest BCUT2D eigenvalue weighted by atomic mass is 9.99. The van der Waals surface area contributed by atoms with Gasteiger partial charge in [-0.3, -0.25) is 9.59 Å². The van der Waals surface area contributed by atoms with Crippen LogP contribution in [-0.2, 0) is 9.59 Å². The number of aliphatic imine (C=N–C) groups is 1. The third-order valence-electron chi connectivity index (χ3n) is 5.94. The monoisotopic (exact) mass is 518 g/mol. The van der Waals surface area contributed by atoms with Crippen LogP contribution in [0.15, 0.2) is 89.0 Å². The Kier molecular flexibility index (Phi) is 7.06. The number of hydrogen-bond acceptors (Lipinski definition) is 6. The molecule has 0 unspecified atom stereocenters. The summed E-state index contributed by atoms with van der Waals surface area (Å²) in [4.78, 5) is 29.7. The van der Waals surface area contributed by atoms with Crippen LogP contribution in [0.5, 0.6) is 5.75 Å². The maximum absolute atomic E-state index is 12.8. The van der Waals surface area contributed by atoms with E-state index in [2.05, 4.69) is 10.3 Å². The van der Waals surface area contributed by atoms with E-state index in [0.717, 1.165) is 16.8 Å². The molecule has 0 aliphatic carbocycles. The van der Waals surface area contributed by atoms with Gasteiger partial charge in [-0.25, -0.2) is 5.01 Å². The standard InChI is InChI=1S/C27H23ClN4O3S/c1-35-21-13-11-20(12-14-21)29-25(33)16-24-26(34)30-27(36-24)32-23(18-7-9-19(28)10-8-18)15-22(31-32)17-5-3-2-4-6-17/h2-14,23-24H,15-16H2,1H3,(H,29,33)/t23-,24+/m1/s1. The highest BCUT2D eigenvalue weighted by molar-refractivity contribution is 8.15. The molecule has 3 aromatic rings. The Labute approximate surface area is 218 Å². The summed E-state index contributed by atoms with van der Waals surface area (Å²) in [6, 6.07) is 24.5. The maximum atomic E-state index is 12.8. The third-order valence-corrected chi connectivity index (χ3v) is 7.34. The minimum Gasteiger partial charge on any atom is -0.497 e. The average molecular weight is 519 g/mol. The summed E-state index contributed by atoms with van der Waals surface area (Å²) in [6.45, 7) is 0. The van der Waals surface area contributed by atoms with Crippen LogP contribution in [0.1, 0.15) is 30.0 Å². The fourth-order valence-corrected chi connectivity index (χ4v) is 5.28. The number of halogens is 1. The Bertz CT molecular complexity index is 1330. The third kappa shape index (κ3) is 5.29. The number of carbonyl (C=O) groups is 2. The number of thioether (sulfide) groups is 1. The fourth-order valence-electron chi connectivity index (χ4n) is 4.10. The van der Waals surface area contributed by atoms with E-state index in [9.17, 15) is 9.59 Å². The molecule has 2 atom stereocenters. The van der Waals surface area contributed by atoms with Crippen LogP contribution < -0.4 is 10.1 Å². The molecule has 0 radical (unpaired) electrons. The molecule has 36 heavy (non-hydrogen) atoms. The first kappa shape index (κ1) is 24.1. The number of amides is 2. The molecule has 2 heterocycles. The van der Waals surface area contributed by atoms with Crippen LogP contribution in [0.25, 0.3) is 0 Å². The van der Waals surface area contributed by atoms with Crippen molar-refractivity contribution in [3.63, 3.8) is 0 Å². The molecular formula is C27H23ClN4O3S. The van der Waals surface area contributed by atoms with Crippen LogP contribution in [0.2, 0.25) is 5.02 Å². The summed E-state index contributed by atoms with van der Waals surface area (Å²) in [5.41, 5.74) is 3.58. The second kappa shape index (κ2) is 10.6. The topological polar surface area (TPSA) is 83.4 Å². The van der Waals surface area contributed by atoms with Gasteiger partial charge in [0, 0.05) is 23.6 Å². The number of hydrazone groups is 1. The Morgan fingerprint density at radius 2 is 1.81 bits per heavy atom. The first-order valence-electron chi connectivity index (χ1n) is 11.4. The first-order chi connectivity index (χ1) is 17.5. The zero-order valence-electron chi connectivity index (χ0n) is 19.4. The molecule has 182 valence electrons. The van der Waals surface area contributed by atoms with Crippen molar-refractivity contribution in [2.24, 2.45) is 10.1 Å². The Morgan fingerprint density at radius 1 is 1.08 bits per heavy atom. The molecular weight excluding hydrogens is 496 g/mol. The van der Waals surface area contributed by atoms with E-state index >= 15 is 0 Å². The highest BCUT2D eigenvalue weighted by Gasteiger charge is 2.39. The second-order valence-corrected chi connectivity index (χ2v) is 9.95. The molecule has 0 bridgehead atoms. The van der Waals surface area contributed by atoms with Crippen LogP contribution in [0.3, 0.4) is 0 Å².